The zero-order chi connectivity index (χ0) is 16.3. The van der Waals surface area contributed by atoms with E-state index in [1.165, 1.54) is 11.6 Å². The van der Waals surface area contributed by atoms with E-state index in [2.05, 4.69) is 17.4 Å². The average Bonchev–Trinajstić information content (AvgIpc) is 2.59. The lowest BCUT2D eigenvalue weighted by Crippen LogP contribution is -1.98. The third-order valence-corrected chi connectivity index (χ3v) is 3.17. The van der Waals surface area contributed by atoms with E-state index in [0.717, 1.165) is 17.8 Å². The second-order valence-corrected chi connectivity index (χ2v) is 4.93. The summed E-state index contributed by atoms with van der Waals surface area (Å²) in [4.78, 5) is 11.1. The van der Waals surface area contributed by atoms with Crippen molar-refractivity contribution in [3.63, 3.8) is 0 Å². The molecule has 2 aromatic carbocycles. The van der Waals surface area contributed by atoms with Gasteiger partial charge in [-0.05, 0) is 30.2 Å². The quantitative estimate of drug-likeness (QED) is 0.467. The largest absolute Gasteiger partial charge is 0.463 e. The van der Waals surface area contributed by atoms with Crippen LogP contribution in [0, 0.1) is 0 Å². The maximum absolute atomic E-state index is 11.1. The highest BCUT2D eigenvalue weighted by atomic mass is 16.5. The Morgan fingerprint density at radius 1 is 1.04 bits per heavy atom. The van der Waals surface area contributed by atoms with Gasteiger partial charge in [0.05, 0.1) is 6.61 Å². The number of hydrogen-bond donors (Lipinski definition) is 1. The fraction of sp³-hybridized carbons (Fsp3) is 0.150. The highest BCUT2D eigenvalue weighted by Gasteiger charge is 1.94. The van der Waals surface area contributed by atoms with E-state index in [0.29, 0.717) is 6.61 Å². The first kappa shape index (κ1) is 16.6. The van der Waals surface area contributed by atoms with Gasteiger partial charge in [0.1, 0.15) is 0 Å². The molecule has 0 bridgehead atoms. The normalized spacial score (nSPS) is 11.0. The minimum atomic E-state index is -0.322. The molecule has 0 aliphatic heterocycles. The molecule has 0 aliphatic rings. The highest BCUT2D eigenvalue weighted by Crippen LogP contribution is 2.12. The first-order chi connectivity index (χ1) is 11.3. The van der Waals surface area contributed by atoms with E-state index >= 15 is 0 Å². The lowest BCUT2D eigenvalue weighted by Gasteiger charge is -2.06. The summed E-state index contributed by atoms with van der Waals surface area (Å²) in [6.07, 6.45) is 6.86. The van der Waals surface area contributed by atoms with Crippen molar-refractivity contribution in [3.8, 4) is 0 Å². The van der Waals surface area contributed by atoms with E-state index in [4.69, 9.17) is 4.74 Å². The molecular weight excluding hydrogens is 286 g/mol. The molecule has 0 saturated heterocycles. The maximum Gasteiger partial charge on any atom is 0.330 e. The number of ether oxygens (including phenoxy) is 1. The molecule has 0 saturated carbocycles. The van der Waals surface area contributed by atoms with Crippen LogP contribution in [0.4, 0.5) is 5.69 Å². The number of esters is 1. The molecular formula is C20H21NO2. The third-order valence-electron chi connectivity index (χ3n) is 3.17. The van der Waals surface area contributed by atoms with Gasteiger partial charge in [-0.15, -0.1) is 0 Å². The van der Waals surface area contributed by atoms with Crippen LogP contribution >= 0.6 is 0 Å². The Hall–Kier alpha value is -2.81. The Morgan fingerprint density at radius 3 is 2.48 bits per heavy atom. The molecule has 3 heteroatoms. The number of anilines is 1. The fourth-order valence-electron chi connectivity index (χ4n) is 2.00. The van der Waals surface area contributed by atoms with Crippen LogP contribution in [0.1, 0.15) is 18.1 Å². The van der Waals surface area contributed by atoms with Gasteiger partial charge in [-0.3, -0.25) is 0 Å². The van der Waals surface area contributed by atoms with E-state index in [9.17, 15) is 4.79 Å². The molecule has 2 rings (SSSR count). The second kappa shape index (κ2) is 9.26. The Labute approximate surface area is 137 Å². The van der Waals surface area contributed by atoms with Crippen molar-refractivity contribution in [3.05, 3.63) is 84.0 Å². The van der Waals surface area contributed by atoms with E-state index in [1.54, 1.807) is 13.0 Å². The van der Waals surface area contributed by atoms with Crippen molar-refractivity contribution in [2.45, 2.75) is 13.5 Å². The van der Waals surface area contributed by atoms with Crippen LogP contribution in [0.15, 0.2) is 72.8 Å². The lowest BCUT2D eigenvalue weighted by atomic mass is 10.2. The van der Waals surface area contributed by atoms with Gasteiger partial charge in [-0.25, -0.2) is 4.79 Å². The summed E-state index contributed by atoms with van der Waals surface area (Å²) < 4.78 is 4.81. The fourth-order valence-corrected chi connectivity index (χ4v) is 2.00. The smallest absolute Gasteiger partial charge is 0.330 e. The summed E-state index contributed by atoms with van der Waals surface area (Å²) in [6.45, 7) is 2.98. The third kappa shape index (κ3) is 6.22. The van der Waals surface area contributed by atoms with Crippen molar-refractivity contribution in [2.24, 2.45) is 0 Å². The SMILES string of the molecule is CCOC(=O)/C=C/C=C/c1ccc(NCc2ccccc2)cc1. The van der Waals surface area contributed by atoms with Crippen LogP contribution in [0.3, 0.4) is 0 Å². The second-order valence-electron chi connectivity index (χ2n) is 4.93. The van der Waals surface area contributed by atoms with Crippen molar-refractivity contribution in [1.82, 2.24) is 0 Å². The van der Waals surface area contributed by atoms with Gasteiger partial charge in [0.2, 0.25) is 0 Å². The van der Waals surface area contributed by atoms with Gasteiger partial charge < -0.3 is 10.1 Å². The van der Waals surface area contributed by atoms with Crippen LogP contribution in [-0.4, -0.2) is 12.6 Å². The van der Waals surface area contributed by atoms with Crippen LogP contribution in [0.25, 0.3) is 6.08 Å². The van der Waals surface area contributed by atoms with E-state index in [1.807, 2.05) is 54.6 Å². The van der Waals surface area contributed by atoms with Crippen molar-refractivity contribution < 1.29 is 9.53 Å². The van der Waals surface area contributed by atoms with E-state index in [-0.39, 0.29) is 5.97 Å². The van der Waals surface area contributed by atoms with Crippen molar-refractivity contribution in [1.29, 1.82) is 0 Å². The number of carbonyl (C=O) groups is 1. The predicted molar refractivity (Wildman–Crippen MR) is 95.0 cm³/mol. The minimum absolute atomic E-state index is 0.322. The van der Waals surface area contributed by atoms with Crippen LogP contribution in [-0.2, 0) is 16.1 Å². The zero-order valence-corrected chi connectivity index (χ0v) is 13.2. The van der Waals surface area contributed by atoms with Crippen molar-refractivity contribution in [2.75, 3.05) is 11.9 Å². The summed E-state index contributed by atoms with van der Waals surface area (Å²) in [7, 11) is 0. The maximum atomic E-state index is 11.1. The molecule has 0 radical (unpaired) electrons. The molecule has 118 valence electrons. The minimum Gasteiger partial charge on any atom is -0.463 e. The highest BCUT2D eigenvalue weighted by molar-refractivity contribution is 5.82. The van der Waals surface area contributed by atoms with Crippen LogP contribution < -0.4 is 5.32 Å². The molecule has 0 fully saturated rings. The summed E-state index contributed by atoms with van der Waals surface area (Å²) in [6, 6.07) is 18.4. The predicted octanol–water partition coefficient (Wildman–Crippen LogP) is 4.43. The molecule has 2 aromatic rings. The molecule has 0 unspecified atom stereocenters. The summed E-state index contributed by atoms with van der Waals surface area (Å²) in [5.41, 5.74) is 3.40. The summed E-state index contributed by atoms with van der Waals surface area (Å²) >= 11 is 0. The molecule has 0 aliphatic carbocycles. The Morgan fingerprint density at radius 2 is 1.78 bits per heavy atom. The van der Waals surface area contributed by atoms with Gasteiger partial charge in [0.25, 0.3) is 0 Å². The molecule has 0 spiro atoms. The topological polar surface area (TPSA) is 38.3 Å². The average molecular weight is 307 g/mol. The molecule has 23 heavy (non-hydrogen) atoms. The first-order valence-corrected chi connectivity index (χ1v) is 7.67. The molecule has 0 amide bonds. The number of carbonyl (C=O) groups excluding carboxylic acids is 1. The van der Waals surface area contributed by atoms with Gasteiger partial charge in [-0.1, -0.05) is 60.7 Å². The van der Waals surface area contributed by atoms with Gasteiger partial charge in [0.15, 0.2) is 0 Å². The van der Waals surface area contributed by atoms with E-state index < -0.39 is 0 Å². The Balaban J connectivity index is 1.83. The summed E-state index contributed by atoms with van der Waals surface area (Å²) in [5.74, 6) is -0.322. The van der Waals surface area contributed by atoms with Crippen LogP contribution in [0.5, 0.6) is 0 Å². The standard InChI is InChI=1S/C20H21NO2/c1-2-23-20(22)11-7-6-8-17-12-14-19(15-13-17)21-16-18-9-4-3-5-10-18/h3-15,21H,2,16H2,1H3/b8-6+,11-7+. The molecule has 0 atom stereocenters. The molecule has 0 aromatic heterocycles. The molecule has 0 heterocycles. The first-order valence-electron chi connectivity index (χ1n) is 7.67. The molecule has 1 N–H and O–H groups in total. The number of benzene rings is 2. The molecule has 3 nitrogen and oxygen atoms in total. The van der Waals surface area contributed by atoms with Crippen LogP contribution in [0.2, 0.25) is 0 Å². The Kier molecular flexibility index (Phi) is 6.66. The summed E-state index contributed by atoms with van der Waals surface area (Å²) in [5, 5.41) is 3.39. The number of allylic oxidation sites excluding steroid dienone is 2. The van der Waals surface area contributed by atoms with Crippen molar-refractivity contribution >= 4 is 17.7 Å². The van der Waals surface area contributed by atoms with Gasteiger partial charge in [-0.2, -0.15) is 0 Å². The Bertz CT molecular complexity index is 658. The zero-order valence-electron chi connectivity index (χ0n) is 13.2. The number of hydrogen-bond acceptors (Lipinski definition) is 3. The van der Waals surface area contributed by atoms with Gasteiger partial charge >= 0.3 is 5.97 Å². The number of nitrogens with one attached hydrogen (secondary N) is 1. The monoisotopic (exact) mass is 307 g/mol. The van der Waals surface area contributed by atoms with Gasteiger partial charge in [0, 0.05) is 18.3 Å². The number of rotatable bonds is 7. The lowest BCUT2D eigenvalue weighted by molar-refractivity contribution is -0.137.